The molecule has 1 heterocycles. The minimum absolute atomic E-state index is 0.100. The summed E-state index contributed by atoms with van der Waals surface area (Å²) in [5.74, 6) is -1.24. The molecule has 0 bridgehead atoms. The zero-order valence-corrected chi connectivity index (χ0v) is 9.06. The number of nitrogens with one attached hydrogen (secondary N) is 1. The van der Waals surface area contributed by atoms with Gasteiger partial charge in [0.15, 0.2) is 5.69 Å². The highest BCUT2D eigenvalue weighted by molar-refractivity contribution is 5.85. The SMILES string of the molecule is CNC(=O)CCN(C)c1nc(C(=O)O)co1. The number of aromatic carboxylic acids is 1. The number of hydrogen-bond acceptors (Lipinski definition) is 5. The average Bonchev–Trinajstić information content (AvgIpc) is 2.74. The van der Waals surface area contributed by atoms with Crippen LogP contribution < -0.4 is 10.2 Å². The van der Waals surface area contributed by atoms with E-state index in [2.05, 4.69) is 10.3 Å². The Labute approximate surface area is 92.1 Å². The van der Waals surface area contributed by atoms with Crippen molar-refractivity contribution in [2.75, 3.05) is 25.5 Å². The molecule has 1 rings (SSSR count). The maximum atomic E-state index is 11.0. The van der Waals surface area contributed by atoms with Crippen molar-refractivity contribution in [1.29, 1.82) is 0 Å². The minimum atomic E-state index is -1.14. The van der Waals surface area contributed by atoms with Crippen LogP contribution in [0.5, 0.6) is 0 Å². The number of hydrogen-bond donors (Lipinski definition) is 2. The van der Waals surface area contributed by atoms with E-state index in [-0.39, 0.29) is 24.0 Å². The number of rotatable bonds is 5. The summed E-state index contributed by atoms with van der Waals surface area (Å²) >= 11 is 0. The van der Waals surface area contributed by atoms with Crippen molar-refractivity contribution in [3.8, 4) is 0 Å². The molecule has 0 saturated heterocycles. The van der Waals surface area contributed by atoms with Gasteiger partial charge in [-0.3, -0.25) is 4.79 Å². The Kier molecular flexibility index (Phi) is 3.87. The van der Waals surface area contributed by atoms with Gasteiger partial charge >= 0.3 is 5.97 Å². The summed E-state index contributed by atoms with van der Waals surface area (Å²) in [7, 11) is 3.22. The average molecular weight is 227 g/mol. The lowest BCUT2D eigenvalue weighted by atomic mass is 10.4. The normalized spacial score (nSPS) is 9.88. The standard InChI is InChI=1S/C9H13N3O4/c1-10-7(13)3-4-12(2)9-11-6(5-16-9)8(14)15/h5H,3-4H2,1-2H3,(H,10,13)(H,14,15). The highest BCUT2D eigenvalue weighted by Crippen LogP contribution is 2.11. The van der Waals surface area contributed by atoms with Gasteiger partial charge in [0.25, 0.3) is 6.01 Å². The van der Waals surface area contributed by atoms with E-state index in [9.17, 15) is 9.59 Å². The van der Waals surface area contributed by atoms with Crippen LogP contribution in [0, 0.1) is 0 Å². The van der Waals surface area contributed by atoms with Crippen LogP contribution >= 0.6 is 0 Å². The molecule has 16 heavy (non-hydrogen) atoms. The first-order chi connectivity index (χ1) is 7.54. The molecule has 1 aromatic rings. The largest absolute Gasteiger partial charge is 0.476 e. The third-order valence-electron chi connectivity index (χ3n) is 1.99. The Hall–Kier alpha value is -2.05. The first-order valence-corrected chi connectivity index (χ1v) is 4.65. The van der Waals surface area contributed by atoms with E-state index < -0.39 is 5.97 Å². The fourth-order valence-electron chi connectivity index (χ4n) is 1.03. The quantitative estimate of drug-likeness (QED) is 0.731. The fourth-order valence-corrected chi connectivity index (χ4v) is 1.03. The van der Waals surface area contributed by atoms with Gasteiger partial charge in [-0.2, -0.15) is 4.98 Å². The molecule has 0 atom stereocenters. The summed E-state index contributed by atoms with van der Waals surface area (Å²) in [6.07, 6.45) is 1.35. The summed E-state index contributed by atoms with van der Waals surface area (Å²) in [6.45, 7) is 0.402. The van der Waals surface area contributed by atoms with Crippen molar-refractivity contribution in [3.63, 3.8) is 0 Å². The van der Waals surface area contributed by atoms with E-state index in [0.717, 1.165) is 6.26 Å². The molecule has 1 amide bonds. The first kappa shape index (κ1) is 12.0. The molecule has 1 aromatic heterocycles. The molecule has 0 aromatic carbocycles. The zero-order chi connectivity index (χ0) is 12.1. The van der Waals surface area contributed by atoms with Crippen molar-refractivity contribution in [2.24, 2.45) is 0 Å². The molecule has 7 heteroatoms. The van der Waals surface area contributed by atoms with Gasteiger partial charge < -0.3 is 19.7 Å². The lowest BCUT2D eigenvalue weighted by Crippen LogP contribution is -2.26. The first-order valence-electron chi connectivity index (χ1n) is 4.65. The van der Waals surface area contributed by atoms with Crippen LogP contribution in [0.15, 0.2) is 10.7 Å². The number of oxazole rings is 1. The van der Waals surface area contributed by atoms with Crippen molar-refractivity contribution in [2.45, 2.75) is 6.42 Å². The Morgan fingerprint density at radius 2 is 2.31 bits per heavy atom. The van der Waals surface area contributed by atoms with Gasteiger partial charge in [-0.25, -0.2) is 4.79 Å². The molecule has 0 saturated carbocycles. The van der Waals surface area contributed by atoms with Gasteiger partial charge in [0.05, 0.1) is 0 Å². The third kappa shape index (κ3) is 2.97. The molecular weight excluding hydrogens is 214 g/mol. The van der Waals surface area contributed by atoms with Crippen molar-refractivity contribution >= 4 is 17.9 Å². The molecule has 7 nitrogen and oxygen atoms in total. The number of carboxylic acid groups (broad SMARTS) is 1. The van der Waals surface area contributed by atoms with Gasteiger partial charge in [-0.15, -0.1) is 0 Å². The van der Waals surface area contributed by atoms with Crippen LogP contribution in [-0.4, -0.2) is 42.6 Å². The third-order valence-corrected chi connectivity index (χ3v) is 1.99. The van der Waals surface area contributed by atoms with Crippen LogP contribution in [0.4, 0.5) is 6.01 Å². The molecule has 0 unspecified atom stereocenters. The van der Waals surface area contributed by atoms with Gasteiger partial charge in [0.1, 0.15) is 6.26 Å². The van der Waals surface area contributed by atoms with Gasteiger partial charge in [0, 0.05) is 27.1 Å². The second kappa shape index (κ2) is 5.15. The molecule has 2 N–H and O–H groups in total. The zero-order valence-electron chi connectivity index (χ0n) is 9.06. The molecule has 0 spiro atoms. The monoisotopic (exact) mass is 227 g/mol. The highest BCUT2D eigenvalue weighted by Gasteiger charge is 2.13. The van der Waals surface area contributed by atoms with E-state index in [4.69, 9.17) is 9.52 Å². The predicted octanol–water partition coefficient (Wildman–Crippen LogP) is -0.0549. The Morgan fingerprint density at radius 1 is 1.62 bits per heavy atom. The van der Waals surface area contributed by atoms with Crippen LogP contribution in [0.3, 0.4) is 0 Å². The summed E-state index contributed by atoms with van der Waals surface area (Å²) in [5.41, 5.74) is -0.151. The van der Waals surface area contributed by atoms with E-state index in [1.54, 1.807) is 19.0 Å². The molecule has 0 aliphatic heterocycles. The van der Waals surface area contributed by atoms with Crippen LogP contribution in [0.25, 0.3) is 0 Å². The lowest BCUT2D eigenvalue weighted by molar-refractivity contribution is -0.120. The number of anilines is 1. The molecule has 0 radical (unpaired) electrons. The summed E-state index contributed by atoms with van der Waals surface area (Å²) in [4.78, 5) is 26.8. The second-order valence-electron chi connectivity index (χ2n) is 3.17. The topological polar surface area (TPSA) is 95.7 Å². The molecule has 0 fully saturated rings. The van der Waals surface area contributed by atoms with Crippen LogP contribution in [0.2, 0.25) is 0 Å². The molecule has 0 aliphatic carbocycles. The number of aromatic nitrogens is 1. The number of carbonyl (C=O) groups excluding carboxylic acids is 1. The maximum absolute atomic E-state index is 11.0. The number of carbonyl (C=O) groups is 2. The number of amides is 1. The van der Waals surface area contributed by atoms with Gasteiger partial charge in [0.2, 0.25) is 5.91 Å². The van der Waals surface area contributed by atoms with E-state index in [1.807, 2.05) is 0 Å². The number of nitrogens with zero attached hydrogens (tertiary/aromatic N) is 2. The van der Waals surface area contributed by atoms with Crippen molar-refractivity contribution in [1.82, 2.24) is 10.3 Å². The highest BCUT2D eigenvalue weighted by atomic mass is 16.4. The molecular formula is C9H13N3O4. The minimum Gasteiger partial charge on any atom is -0.476 e. The smallest absolute Gasteiger partial charge is 0.357 e. The van der Waals surface area contributed by atoms with E-state index in [0.29, 0.717) is 6.54 Å². The second-order valence-corrected chi connectivity index (χ2v) is 3.17. The lowest BCUT2D eigenvalue weighted by Gasteiger charge is -2.12. The fraction of sp³-hybridized carbons (Fsp3) is 0.444. The predicted molar refractivity (Wildman–Crippen MR) is 55.4 cm³/mol. The van der Waals surface area contributed by atoms with Gasteiger partial charge in [-0.1, -0.05) is 0 Å². The Balaban J connectivity index is 2.55. The molecule has 88 valence electrons. The van der Waals surface area contributed by atoms with Crippen LogP contribution in [-0.2, 0) is 4.79 Å². The summed E-state index contributed by atoms with van der Waals surface area (Å²) < 4.78 is 4.96. The maximum Gasteiger partial charge on any atom is 0.357 e. The van der Waals surface area contributed by atoms with Crippen molar-refractivity contribution in [3.05, 3.63) is 12.0 Å². The Morgan fingerprint density at radius 3 is 2.81 bits per heavy atom. The van der Waals surface area contributed by atoms with E-state index >= 15 is 0 Å². The number of carboxylic acids is 1. The van der Waals surface area contributed by atoms with Crippen molar-refractivity contribution < 1.29 is 19.1 Å². The summed E-state index contributed by atoms with van der Waals surface area (Å²) in [6, 6.07) is 0.182. The van der Waals surface area contributed by atoms with Crippen LogP contribution in [0.1, 0.15) is 16.9 Å². The summed E-state index contributed by atoms with van der Waals surface area (Å²) in [5, 5.41) is 11.1. The van der Waals surface area contributed by atoms with Gasteiger partial charge in [-0.05, 0) is 0 Å². The Bertz CT molecular complexity index is 388. The molecule has 0 aliphatic rings. The van der Waals surface area contributed by atoms with E-state index in [1.165, 1.54) is 0 Å².